The molecular formula is C102H90O16P4. The van der Waals surface area contributed by atoms with Crippen LogP contribution in [0, 0.1) is 83.1 Å². The zero-order valence-electron chi connectivity index (χ0n) is 69.7. The van der Waals surface area contributed by atoms with Crippen molar-refractivity contribution in [2.45, 2.75) is 110 Å². The van der Waals surface area contributed by atoms with Crippen LogP contribution in [0.25, 0.3) is 0 Å². The summed E-state index contributed by atoms with van der Waals surface area (Å²) < 4.78 is 88.2. The first-order chi connectivity index (χ1) is 58.4. The van der Waals surface area contributed by atoms with Gasteiger partial charge in [0.15, 0.2) is 0 Å². The lowest BCUT2D eigenvalue weighted by atomic mass is 9.94. The highest BCUT2D eigenvalue weighted by Crippen LogP contribution is 2.53. The summed E-state index contributed by atoms with van der Waals surface area (Å²) in [4.78, 5) is 125. The molecule has 0 saturated heterocycles. The fourth-order valence-corrected chi connectivity index (χ4v) is 27.0. The molecule has 0 aliphatic rings. The Kier molecular flexibility index (Phi) is 26.0. The van der Waals surface area contributed by atoms with Gasteiger partial charge in [0.05, 0.1) is 22.3 Å². The second kappa shape index (κ2) is 36.3. The van der Waals surface area contributed by atoms with E-state index in [4.69, 9.17) is 18.9 Å². The topological polar surface area (TPSA) is 242 Å². The first-order valence-electron chi connectivity index (χ1n) is 39.7. The third-order valence-electron chi connectivity index (χ3n) is 22.9. The minimum absolute atomic E-state index is 0.111. The van der Waals surface area contributed by atoms with Crippen molar-refractivity contribution in [3.05, 3.63) is 413 Å². The number of esters is 4. The normalized spacial score (nSPS) is 11.6. The van der Waals surface area contributed by atoms with E-state index in [0.717, 1.165) is 12.1 Å². The van der Waals surface area contributed by atoms with Crippen LogP contribution in [0.15, 0.2) is 279 Å². The highest BCUT2D eigenvalue weighted by molar-refractivity contribution is 7.95. The summed E-state index contributed by atoms with van der Waals surface area (Å²) in [6.45, 7) is 18.1. The van der Waals surface area contributed by atoms with Crippen LogP contribution >= 0.6 is 28.6 Å². The van der Waals surface area contributed by atoms with Crippen LogP contribution in [0.2, 0.25) is 0 Å². The number of carbonyl (C=O) groups excluding carboxylic acids is 8. The Bertz CT molecular complexity index is 5590. The van der Waals surface area contributed by atoms with Crippen molar-refractivity contribution >= 4 is 117 Å². The number of aryl methyl sites for hydroxylation is 8. The molecule has 122 heavy (non-hydrogen) atoms. The van der Waals surface area contributed by atoms with Gasteiger partial charge in [0.2, 0.25) is 50.7 Å². The minimum atomic E-state index is -4.13. The largest absolute Gasteiger partial charge is 0.457 e. The molecule has 0 N–H and O–H groups in total. The predicted molar refractivity (Wildman–Crippen MR) is 482 cm³/mol. The molecule has 0 bridgehead atoms. The molecular weight excluding hydrogens is 1610 g/mol. The molecule has 0 amide bonds. The monoisotopic (exact) mass is 1690 g/mol. The van der Waals surface area contributed by atoms with Gasteiger partial charge in [-0.25, -0.2) is 19.2 Å². The zero-order valence-corrected chi connectivity index (χ0v) is 73.3. The smallest absolute Gasteiger partial charge is 0.339 e. The van der Waals surface area contributed by atoms with Gasteiger partial charge in [0, 0.05) is 64.7 Å². The van der Waals surface area contributed by atoms with Crippen LogP contribution < -0.4 is 42.4 Å². The van der Waals surface area contributed by atoms with Gasteiger partial charge in [0.1, 0.15) is 26.4 Å². The SMILES string of the molecule is Cc1cc(C)c(C(=O)P(=O)(c2ccccc2)c2ccccc2)c(C)c1COC(=O)c1cc(C(=O)OCc2c(C)cc(C)c(C(=O)P(=O)(c3ccccc3)c3ccccc3)c2C)c(C(=O)OCc2c(C)cc(C)c(C(=O)P(=O)(c3ccccc3)c3ccccc3)c2C)cc1C(=O)OCc1c(C)cc(C)c(C(=O)P(=O)(c2ccccc2)c2ccccc2)c1C. The van der Waals surface area contributed by atoms with Crippen molar-refractivity contribution in [3.63, 3.8) is 0 Å². The Morgan fingerprint density at radius 3 is 0.484 bits per heavy atom. The van der Waals surface area contributed by atoms with Gasteiger partial charge in [-0.15, -0.1) is 0 Å². The lowest BCUT2D eigenvalue weighted by Crippen LogP contribution is -2.24. The maximum atomic E-state index is 15.8. The molecule has 0 atom stereocenters. The van der Waals surface area contributed by atoms with Gasteiger partial charge in [-0.05, 0) is 184 Å². The molecule has 0 heterocycles. The average molecular weight is 1700 g/mol. The Labute approximate surface area is 710 Å². The van der Waals surface area contributed by atoms with Crippen molar-refractivity contribution in [3.8, 4) is 0 Å². The molecule has 0 saturated carbocycles. The Morgan fingerprint density at radius 1 is 0.205 bits per heavy atom. The molecule has 20 heteroatoms. The molecule has 0 spiro atoms. The quantitative estimate of drug-likeness (QED) is 0.0251. The lowest BCUT2D eigenvalue weighted by molar-refractivity contribution is 0.0407. The van der Waals surface area contributed by atoms with E-state index < -0.39 is 123 Å². The zero-order chi connectivity index (χ0) is 87.3. The van der Waals surface area contributed by atoms with Gasteiger partial charge < -0.3 is 37.2 Å². The molecule has 13 aromatic rings. The van der Waals surface area contributed by atoms with E-state index in [9.17, 15) is 0 Å². The van der Waals surface area contributed by atoms with Crippen LogP contribution in [0.3, 0.4) is 0 Å². The second-order valence-corrected chi connectivity index (χ2v) is 41.2. The number of benzene rings is 13. The molecule has 13 aromatic carbocycles. The second-order valence-electron chi connectivity index (χ2n) is 30.5. The fourth-order valence-electron chi connectivity index (χ4n) is 16.5. The maximum Gasteiger partial charge on any atom is 0.339 e. The van der Waals surface area contributed by atoms with E-state index in [1.165, 1.54) is 0 Å². The minimum Gasteiger partial charge on any atom is -0.457 e. The third-order valence-corrected chi connectivity index (χ3v) is 34.3. The summed E-state index contributed by atoms with van der Waals surface area (Å²) in [5.41, 5.74) is 1.90. The number of rotatable bonds is 28. The predicted octanol–water partition coefficient (Wildman–Crippen LogP) is 19.4. The summed E-state index contributed by atoms with van der Waals surface area (Å²) in [5.74, 6) is -5.03. The van der Waals surface area contributed by atoms with Gasteiger partial charge in [0.25, 0.3) is 0 Å². The molecule has 0 aromatic heterocycles. The van der Waals surface area contributed by atoms with Crippen molar-refractivity contribution < 1.29 is 75.6 Å². The maximum absolute atomic E-state index is 15.8. The molecule has 0 unspecified atom stereocenters. The molecule has 16 nitrogen and oxygen atoms in total. The van der Waals surface area contributed by atoms with E-state index in [1.807, 2.05) is 0 Å². The first-order valence-corrected chi connectivity index (χ1v) is 46.5. The molecule has 0 aliphatic heterocycles. The molecule has 13 rings (SSSR count). The molecule has 0 aliphatic carbocycles. The van der Waals surface area contributed by atoms with E-state index >= 15 is 56.6 Å². The van der Waals surface area contributed by atoms with Gasteiger partial charge >= 0.3 is 23.9 Å². The van der Waals surface area contributed by atoms with E-state index in [0.29, 0.717) is 131 Å². The van der Waals surface area contributed by atoms with Crippen LogP contribution in [0.4, 0.5) is 0 Å². The Morgan fingerprint density at radius 2 is 0.344 bits per heavy atom. The lowest BCUT2D eigenvalue weighted by Gasteiger charge is -2.23. The van der Waals surface area contributed by atoms with Crippen molar-refractivity contribution in [1.29, 1.82) is 0 Å². The van der Waals surface area contributed by atoms with Crippen molar-refractivity contribution in [1.82, 2.24) is 0 Å². The van der Waals surface area contributed by atoms with Crippen molar-refractivity contribution in [2.24, 2.45) is 0 Å². The summed E-state index contributed by atoms with van der Waals surface area (Å²) in [5, 5.41) is 2.32. The highest BCUT2D eigenvalue weighted by atomic mass is 31.2. The number of hydrogen-bond acceptors (Lipinski definition) is 16. The Balaban J connectivity index is 0.946. The average Bonchev–Trinajstić information content (AvgIpc) is 0.757. The van der Waals surface area contributed by atoms with E-state index in [2.05, 4.69) is 0 Å². The Hall–Kier alpha value is -12.7. The molecule has 0 fully saturated rings. The van der Waals surface area contributed by atoms with Gasteiger partial charge in [-0.3, -0.25) is 19.2 Å². The third kappa shape index (κ3) is 16.5. The van der Waals surface area contributed by atoms with Gasteiger partial charge in [-0.2, -0.15) is 0 Å². The van der Waals surface area contributed by atoms with Crippen LogP contribution in [-0.4, -0.2) is 46.0 Å². The van der Waals surface area contributed by atoms with E-state index in [1.54, 1.807) is 350 Å². The fraction of sp³-hybridized carbons (Fsp3) is 0.157. The molecule has 614 valence electrons. The van der Waals surface area contributed by atoms with E-state index in [-0.39, 0.29) is 22.3 Å². The number of carbonyl (C=O) groups is 8. The van der Waals surface area contributed by atoms with Crippen LogP contribution in [0.5, 0.6) is 0 Å². The van der Waals surface area contributed by atoms with Crippen molar-refractivity contribution in [2.75, 3.05) is 0 Å². The van der Waals surface area contributed by atoms with Gasteiger partial charge in [-0.1, -0.05) is 267 Å². The first kappa shape index (κ1) is 87.2. The highest BCUT2D eigenvalue weighted by Gasteiger charge is 2.44. The summed E-state index contributed by atoms with van der Waals surface area (Å²) in [6, 6.07) is 76.2. The molecule has 0 radical (unpaired) electrons. The van der Waals surface area contributed by atoms with Crippen LogP contribution in [0.1, 0.15) is 172 Å². The number of hydrogen-bond donors (Lipinski definition) is 0. The summed E-state index contributed by atoms with van der Waals surface area (Å²) in [7, 11) is -16.5. The number of ether oxygens (including phenoxy) is 4. The van der Waals surface area contributed by atoms with Crippen LogP contribution in [-0.2, 0) is 63.6 Å². The summed E-state index contributed by atoms with van der Waals surface area (Å²) in [6.07, 6.45) is 0. The summed E-state index contributed by atoms with van der Waals surface area (Å²) >= 11 is 0. The standard InChI is InChI=1S/C102H90O16P4/c1-63-53-67(5)91(99(107)119(111,75-37-21-13-22-38-75)76-39-23-14-24-40-76)71(9)87(63)59-115-95(103)83-57-85(97(105)117-61-89-65(3)55-69(7)93(73(89)11)101(109)121(113,79-45-29-17-30-46-79)80-47-31-18-32-48-80)86(98(106)118-62-90-66(4)56-70(8)94(74(90)12)102(110)122(114,81-49-33-19-34-50-81)82-51-35-20-36-52-82)58-84(83)96(104)116-60-88-64(2)54-68(6)92(72(88)10)100(108)120(112,77-41-25-15-26-42-77)78-43-27-16-28-44-78/h13-58H,59-62H2,1-12H3.